The van der Waals surface area contributed by atoms with Crippen LogP contribution >= 0.6 is 11.3 Å². The molecule has 1 aliphatic heterocycles. The molecule has 5 rings (SSSR count). The molecule has 1 atom stereocenters. The maximum absolute atomic E-state index is 13.0. The van der Waals surface area contributed by atoms with Crippen molar-refractivity contribution in [3.63, 3.8) is 0 Å². The molecule has 196 valence electrons. The van der Waals surface area contributed by atoms with Crippen molar-refractivity contribution in [1.82, 2.24) is 14.8 Å². The van der Waals surface area contributed by atoms with E-state index in [0.717, 1.165) is 52.2 Å². The summed E-state index contributed by atoms with van der Waals surface area (Å²) < 4.78 is 33.0. The fourth-order valence-corrected chi connectivity index (χ4v) is 7.00. The van der Waals surface area contributed by atoms with Gasteiger partial charge in [-0.05, 0) is 30.5 Å². The Morgan fingerprint density at radius 1 is 1.08 bits per heavy atom. The van der Waals surface area contributed by atoms with E-state index in [1.165, 1.54) is 0 Å². The number of hydrogen-bond donors (Lipinski definition) is 2. The SMILES string of the molecule is Cc1nc2cc(OCC(O)CN3CCN(CCS(=O)(=O)c4ccc5ccccc5c4N)CC3)ccc2s1. The monoisotopic (exact) mass is 540 g/mol. The molecule has 1 aliphatic rings. The number of nitrogen functional groups attached to an aromatic ring is 1. The standard InChI is InChI=1S/C27H32N4O4S2/c1-19-29-24-16-22(7-8-25(24)36-19)35-18-21(32)17-31-12-10-30(11-13-31)14-15-37(33,34)26-9-6-20-4-2-3-5-23(20)27(26)28/h2-9,16,21,32H,10-15,17-18,28H2,1H3. The fourth-order valence-electron chi connectivity index (χ4n) is 4.76. The molecule has 37 heavy (non-hydrogen) atoms. The molecule has 0 saturated carbocycles. The number of aromatic nitrogens is 1. The van der Waals surface area contributed by atoms with Gasteiger partial charge in [0.1, 0.15) is 18.5 Å². The third-order valence-electron chi connectivity index (χ3n) is 6.78. The minimum Gasteiger partial charge on any atom is -0.491 e. The third-order valence-corrected chi connectivity index (χ3v) is 9.48. The van der Waals surface area contributed by atoms with Crippen molar-refractivity contribution in [3.8, 4) is 5.75 Å². The Morgan fingerprint density at radius 3 is 2.65 bits per heavy atom. The van der Waals surface area contributed by atoms with E-state index in [9.17, 15) is 13.5 Å². The number of hydrogen-bond acceptors (Lipinski definition) is 9. The molecular formula is C27H32N4O4S2. The van der Waals surface area contributed by atoms with Crippen LogP contribution in [0.5, 0.6) is 5.75 Å². The van der Waals surface area contributed by atoms with Crippen molar-refractivity contribution >= 4 is 47.9 Å². The lowest BCUT2D eigenvalue weighted by Crippen LogP contribution is -2.50. The molecule has 3 aromatic carbocycles. The highest BCUT2D eigenvalue weighted by Gasteiger charge is 2.24. The number of aliphatic hydroxyl groups is 1. The van der Waals surface area contributed by atoms with E-state index in [1.54, 1.807) is 17.4 Å². The molecule has 0 amide bonds. The first kappa shape index (κ1) is 25.9. The van der Waals surface area contributed by atoms with Gasteiger partial charge >= 0.3 is 0 Å². The van der Waals surface area contributed by atoms with E-state index in [1.807, 2.05) is 55.5 Å². The summed E-state index contributed by atoms with van der Waals surface area (Å²) in [6, 6.07) is 16.8. The number of thiazole rings is 1. The van der Waals surface area contributed by atoms with Crippen molar-refractivity contribution in [2.45, 2.75) is 17.9 Å². The Balaban J connectivity index is 1.08. The van der Waals surface area contributed by atoms with Crippen molar-refractivity contribution < 1.29 is 18.3 Å². The van der Waals surface area contributed by atoms with Gasteiger partial charge in [0.05, 0.1) is 31.6 Å². The quantitative estimate of drug-likeness (QED) is 0.312. The zero-order valence-corrected chi connectivity index (χ0v) is 22.5. The second-order valence-electron chi connectivity index (χ2n) is 9.49. The highest BCUT2D eigenvalue weighted by molar-refractivity contribution is 7.91. The van der Waals surface area contributed by atoms with Crippen LogP contribution in [0.2, 0.25) is 0 Å². The van der Waals surface area contributed by atoms with Crippen LogP contribution in [0, 0.1) is 6.92 Å². The molecular weight excluding hydrogens is 508 g/mol. The first-order valence-corrected chi connectivity index (χ1v) is 14.9. The van der Waals surface area contributed by atoms with E-state index in [0.29, 0.717) is 24.5 Å². The van der Waals surface area contributed by atoms with E-state index in [4.69, 9.17) is 10.5 Å². The van der Waals surface area contributed by atoms with Gasteiger partial charge in [0.25, 0.3) is 0 Å². The van der Waals surface area contributed by atoms with Crippen molar-refractivity contribution in [3.05, 3.63) is 59.6 Å². The Hall–Kier alpha value is -2.76. The number of β-amino-alcohol motifs (C(OH)–C–C–N with tert-alkyl or cyclic N) is 1. The first-order valence-electron chi connectivity index (χ1n) is 12.4. The average molecular weight is 541 g/mol. The number of aryl methyl sites for hydroxylation is 1. The number of rotatable bonds is 9. The summed E-state index contributed by atoms with van der Waals surface area (Å²) in [7, 11) is -3.50. The Morgan fingerprint density at radius 2 is 1.84 bits per heavy atom. The number of aliphatic hydroxyl groups excluding tert-OH is 1. The Labute approximate surface area is 221 Å². The molecule has 0 radical (unpaired) electrons. The number of anilines is 1. The molecule has 1 unspecified atom stereocenters. The van der Waals surface area contributed by atoms with Gasteiger partial charge < -0.3 is 15.6 Å². The van der Waals surface area contributed by atoms with Gasteiger partial charge in [-0.3, -0.25) is 9.80 Å². The zero-order valence-electron chi connectivity index (χ0n) is 20.8. The summed E-state index contributed by atoms with van der Waals surface area (Å²) in [6.45, 7) is 6.17. The maximum Gasteiger partial charge on any atom is 0.181 e. The van der Waals surface area contributed by atoms with Gasteiger partial charge in [-0.25, -0.2) is 13.4 Å². The normalized spacial score (nSPS) is 16.4. The number of benzene rings is 3. The molecule has 3 N–H and O–H groups in total. The predicted molar refractivity (Wildman–Crippen MR) is 149 cm³/mol. The summed E-state index contributed by atoms with van der Waals surface area (Å²) in [6.07, 6.45) is -0.615. The lowest BCUT2D eigenvalue weighted by atomic mass is 10.1. The third kappa shape index (κ3) is 6.05. The molecule has 0 bridgehead atoms. The molecule has 2 heterocycles. The average Bonchev–Trinajstić information content (AvgIpc) is 3.26. The number of fused-ring (bicyclic) bond motifs is 2. The van der Waals surface area contributed by atoms with E-state index < -0.39 is 15.9 Å². The smallest absolute Gasteiger partial charge is 0.181 e. The molecule has 4 aromatic rings. The van der Waals surface area contributed by atoms with Crippen molar-refractivity contribution in [2.75, 3.05) is 57.4 Å². The molecule has 0 aliphatic carbocycles. The number of piperazine rings is 1. The largest absolute Gasteiger partial charge is 0.491 e. The van der Waals surface area contributed by atoms with Gasteiger partial charge in [0.2, 0.25) is 0 Å². The maximum atomic E-state index is 13.0. The fraction of sp³-hybridized carbons (Fsp3) is 0.370. The van der Waals surface area contributed by atoms with Crippen LogP contribution in [0.15, 0.2) is 59.5 Å². The zero-order chi connectivity index (χ0) is 26.0. The lowest BCUT2D eigenvalue weighted by Gasteiger charge is -2.35. The summed E-state index contributed by atoms with van der Waals surface area (Å²) in [5.74, 6) is 0.726. The number of sulfone groups is 1. The van der Waals surface area contributed by atoms with Gasteiger partial charge in [-0.15, -0.1) is 11.3 Å². The van der Waals surface area contributed by atoms with E-state index in [-0.39, 0.29) is 17.3 Å². The summed E-state index contributed by atoms with van der Waals surface area (Å²) in [5.41, 5.74) is 7.46. The van der Waals surface area contributed by atoms with Gasteiger partial charge in [-0.2, -0.15) is 0 Å². The second-order valence-corrected chi connectivity index (χ2v) is 12.8. The Kier molecular flexibility index (Phi) is 7.64. The predicted octanol–water partition coefficient (Wildman–Crippen LogP) is 3.17. The van der Waals surface area contributed by atoms with Crippen molar-refractivity contribution in [1.29, 1.82) is 0 Å². The summed E-state index contributed by atoms with van der Waals surface area (Å²) in [4.78, 5) is 9.03. The van der Waals surface area contributed by atoms with E-state index in [2.05, 4.69) is 14.8 Å². The topological polar surface area (TPSA) is 109 Å². The van der Waals surface area contributed by atoms with Crippen LogP contribution in [-0.4, -0.2) is 86.0 Å². The van der Waals surface area contributed by atoms with Gasteiger partial charge in [-0.1, -0.05) is 30.3 Å². The highest BCUT2D eigenvalue weighted by atomic mass is 32.2. The van der Waals surface area contributed by atoms with Crippen molar-refractivity contribution in [2.24, 2.45) is 0 Å². The second kappa shape index (κ2) is 10.9. The number of nitrogens with zero attached hydrogens (tertiary/aromatic N) is 3. The molecule has 10 heteroatoms. The van der Waals surface area contributed by atoms with Crippen LogP contribution < -0.4 is 10.5 Å². The van der Waals surface area contributed by atoms with Crippen LogP contribution in [0.1, 0.15) is 5.01 Å². The lowest BCUT2D eigenvalue weighted by molar-refractivity contribution is 0.0472. The van der Waals surface area contributed by atoms with Crippen LogP contribution in [0.25, 0.3) is 21.0 Å². The number of nitrogens with two attached hydrogens (primary N) is 1. The van der Waals surface area contributed by atoms with E-state index >= 15 is 0 Å². The molecule has 0 spiro atoms. The van der Waals surface area contributed by atoms with Gasteiger partial charge in [0, 0.05) is 50.7 Å². The molecule has 1 aromatic heterocycles. The highest BCUT2D eigenvalue weighted by Crippen LogP contribution is 2.29. The summed E-state index contributed by atoms with van der Waals surface area (Å²) >= 11 is 1.65. The molecule has 1 saturated heterocycles. The minimum atomic E-state index is -3.50. The summed E-state index contributed by atoms with van der Waals surface area (Å²) in [5, 5.41) is 13.2. The first-order chi connectivity index (χ1) is 17.8. The minimum absolute atomic E-state index is 0.0227. The molecule has 8 nitrogen and oxygen atoms in total. The molecule has 1 fully saturated rings. The van der Waals surface area contributed by atoms with Gasteiger partial charge in [0.15, 0.2) is 9.84 Å². The van der Waals surface area contributed by atoms with Crippen LogP contribution in [0.4, 0.5) is 5.69 Å². The van der Waals surface area contributed by atoms with Crippen LogP contribution in [-0.2, 0) is 9.84 Å². The Bertz CT molecular complexity index is 1500. The van der Waals surface area contributed by atoms with Crippen LogP contribution in [0.3, 0.4) is 0 Å². The number of ether oxygens (including phenoxy) is 1.